The molecule has 0 N–H and O–H groups in total. The molecule has 3 unspecified atom stereocenters. The predicted octanol–water partition coefficient (Wildman–Crippen LogP) is 4.32. The Bertz CT molecular complexity index is 184. The van der Waals surface area contributed by atoms with Crippen molar-refractivity contribution in [1.29, 1.82) is 0 Å². The van der Waals surface area contributed by atoms with Crippen molar-refractivity contribution in [2.45, 2.75) is 72.9 Å². The molecule has 1 heteroatoms. The molecule has 0 fully saturated rings. The summed E-state index contributed by atoms with van der Waals surface area (Å²) in [5.41, 5.74) is 0. The van der Waals surface area contributed by atoms with Crippen molar-refractivity contribution >= 4 is 0 Å². The molecule has 0 aliphatic heterocycles. The second-order valence-electron chi connectivity index (χ2n) is 6.53. The SMILES string of the molecule is CCC(C)CCC(C)C(C)[N+](C)(C)C(C)C. The Morgan fingerprint density at radius 2 is 1.38 bits per heavy atom. The van der Waals surface area contributed by atoms with Gasteiger partial charge in [0.2, 0.25) is 0 Å². The van der Waals surface area contributed by atoms with E-state index in [0.29, 0.717) is 6.04 Å². The zero-order valence-electron chi connectivity index (χ0n) is 12.9. The van der Waals surface area contributed by atoms with Crippen molar-refractivity contribution in [3.8, 4) is 0 Å². The van der Waals surface area contributed by atoms with Gasteiger partial charge < -0.3 is 4.48 Å². The predicted molar refractivity (Wildman–Crippen MR) is 74.6 cm³/mol. The van der Waals surface area contributed by atoms with Crippen molar-refractivity contribution < 1.29 is 4.48 Å². The number of nitrogens with zero attached hydrogens (tertiary/aromatic N) is 1. The van der Waals surface area contributed by atoms with E-state index in [0.717, 1.165) is 22.4 Å². The topological polar surface area (TPSA) is 0 Å². The summed E-state index contributed by atoms with van der Waals surface area (Å²) >= 11 is 0. The Kier molecular flexibility index (Phi) is 6.62. The molecule has 0 aromatic rings. The quantitative estimate of drug-likeness (QED) is 0.569. The van der Waals surface area contributed by atoms with Gasteiger partial charge in [-0.05, 0) is 33.1 Å². The molecule has 0 rings (SSSR count). The van der Waals surface area contributed by atoms with Gasteiger partial charge in [0.1, 0.15) is 0 Å². The lowest BCUT2D eigenvalue weighted by molar-refractivity contribution is -0.936. The molecule has 98 valence electrons. The summed E-state index contributed by atoms with van der Waals surface area (Å²) in [6.45, 7) is 14.2. The van der Waals surface area contributed by atoms with Gasteiger partial charge in [0.25, 0.3) is 0 Å². The first kappa shape index (κ1) is 16.0. The maximum absolute atomic E-state index is 2.43. The van der Waals surface area contributed by atoms with Crippen LogP contribution in [0.2, 0.25) is 0 Å². The molecular weight excluding hydrogens is 194 g/mol. The molecule has 16 heavy (non-hydrogen) atoms. The lowest BCUT2D eigenvalue weighted by Crippen LogP contribution is -2.54. The largest absolute Gasteiger partial charge is 0.324 e. The van der Waals surface area contributed by atoms with Crippen LogP contribution in [-0.4, -0.2) is 30.7 Å². The van der Waals surface area contributed by atoms with Crippen LogP contribution in [0, 0.1) is 11.8 Å². The Morgan fingerprint density at radius 1 is 0.875 bits per heavy atom. The maximum Gasteiger partial charge on any atom is 0.0885 e. The van der Waals surface area contributed by atoms with Crippen LogP contribution >= 0.6 is 0 Å². The van der Waals surface area contributed by atoms with Gasteiger partial charge in [-0.25, -0.2) is 0 Å². The third-order valence-electron chi connectivity index (χ3n) is 5.02. The summed E-state index contributed by atoms with van der Waals surface area (Å²) in [5.74, 6) is 1.72. The van der Waals surface area contributed by atoms with Crippen LogP contribution in [0.4, 0.5) is 0 Å². The van der Waals surface area contributed by atoms with Gasteiger partial charge in [0.15, 0.2) is 0 Å². The lowest BCUT2D eigenvalue weighted by Gasteiger charge is -2.43. The van der Waals surface area contributed by atoms with Crippen molar-refractivity contribution in [3.63, 3.8) is 0 Å². The van der Waals surface area contributed by atoms with Crippen molar-refractivity contribution in [2.24, 2.45) is 11.8 Å². The minimum Gasteiger partial charge on any atom is -0.324 e. The molecule has 0 bridgehead atoms. The van der Waals surface area contributed by atoms with Gasteiger partial charge in [-0.3, -0.25) is 0 Å². The average molecular weight is 228 g/mol. The summed E-state index contributed by atoms with van der Waals surface area (Å²) in [5, 5.41) is 0. The molecule has 0 amide bonds. The Balaban J connectivity index is 4.22. The Labute approximate surface area is 104 Å². The summed E-state index contributed by atoms with van der Waals surface area (Å²) < 4.78 is 1.14. The highest BCUT2D eigenvalue weighted by molar-refractivity contribution is 4.65. The first-order valence-corrected chi connectivity index (χ1v) is 7.06. The third kappa shape index (κ3) is 4.45. The summed E-state index contributed by atoms with van der Waals surface area (Å²) in [7, 11) is 4.74. The van der Waals surface area contributed by atoms with Crippen LogP contribution in [0.15, 0.2) is 0 Å². The number of hydrogen-bond donors (Lipinski definition) is 0. The van der Waals surface area contributed by atoms with Gasteiger partial charge >= 0.3 is 0 Å². The van der Waals surface area contributed by atoms with Gasteiger partial charge in [-0.15, -0.1) is 0 Å². The van der Waals surface area contributed by atoms with Gasteiger partial charge in [-0.2, -0.15) is 0 Å². The first-order chi connectivity index (χ1) is 7.23. The minimum absolute atomic E-state index is 0.709. The van der Waals surface area contributed by atoms with Crippen LogP contribution in [0.1, 0.15) is 60.8 Å². The Morgan fingerprint density at radius 3 is 1.75 bits per heavy atom. The fourth-order valence-electron chi connectivity index (χ4n) is 2.12. The monoisotopic (exact) mass is 228 g/mol. The molecule has 0 aromatic carbocycles. The van der Waals surface area contributed by atoms with Crippen molar-refractivity contribution in [3.05, 3.63) is 0 Å². The third-order valence-corrected chi connectivity index (χ3v) is 5.02. The molecule has 1 nitrogen and oxygen atoms in total. The number of hydrogen-bond acceptors (Lipinski definition) is 0. The maximum atomic E-state index is 2.43. The van der Waals surface area contributed by atoms with E-state index < -0.39 is 0 Å². The van der Waals surface area contributed by atoms with E-state index in [4.69, 9.17) is 0 Å². The van der Waals surface area contributed by atoms with Crippen LogP contribution in [0.25, 0.3) is 0 Å². The summed E-state index contributed by atoms with van der Waals surface area (Å²) in [6.07, 6.45) is 4.09. The Hall–Kier alpha value is -0.0400. The molecule has 3 atom stereocenters. The number of quaternary nitrogens is 1. The molecule has 0 heterocycles. The molecule has 0 saturated carbocycles. The highest BCUT2D eigenvalue weighted by atomic mass is 15.3. The average Bonchev–Trinajstić information content (AvgIpc) is 2.23. The highest BCUT2D eigenvalue weighted by Gasteiger charge is 2.31. The van der Waals surface area contributed by atoms with Gasteiger partial charge in [0, 0.05) is 5.92 Å². The minimum atomic E-state index is 0.709. The van der Waals surface area contributed by atoms with Crippen molar-refractivity contribution in [2.75, 3.05) is 14.1 Å². The molecule has 0 radical (unpaired) electrons. The summed E-state index contributed by atoms with van der Waals surface area (Å²) in [6, 6.07) is 1.46. The van der Waals surface area contributed by atoms with E-state index in [-0.39, 0.29) is 0 Å². The fourth-order valence-corrected chi connectivity index (χ4v) is 2.12. The molecular formula is C15H34N+. The molecule has 0 saturated heterocycles. The van der Waals surface area contributed by atoms with Crippen LogP contribution < -0.4 is 0 Å². The van der Waals surface area contributed by atoms with Crippen LogP contribution in [0.5, 0.6) is 0 Å². The van der Waals surface area contributed by atoms with E-state index in [1.807, 2.05) is 0 Å². The van der Waals surface area contributed by atoms with Crippen molar-refractivity contribution in [1.82, 2.24) is 0 Å². The first-order valence-electron chi connectivity index (χ1n) is 7.06. The van der Waals surface area contributed by atoms with Crippen LogP contribution in [-0.2, 0) is 0 Å². The molecule has 0 aliphatic carbocycles. The molecule has 0 spiro atoms. The number of rotatable bonds is 7. The standard InChI is InChI=1S/C15H34N/c1-9-13(4)10-11-14(5)15(6)16(7,8)12(2)3/h12-15H,9-11H2,1-8H3/q+1. The van der Waals surface area contributed by atoms with E-state index in [1.165, 1.54) is 19.3 Å². The second-order valence-corrected chi connectivity index (χ2v) is 6.53. The molecule has 0 aliphatic rings. The van der Waals surface area contributed by atoms with E-state index in [9.17, 15) is 0 Å². The fraction of sp³-hybridized carbons (Fsp3) is 1.00. The summed E-state index contributed by atoms with van der Waals surface area (Å²) in [4.78, 5) is 0. The highest BCUT2D eigenvalue weighted by Crippen LogP contribution is 2.24. The van der Waals surface area contributed by atoms with E-state index in [1.54, 1.807) is 0 Å². The van der Waals surface area contributed by atoms with Gasteiger partial charge in [-0.1, -0.05) is 33.6 Å². The van der Waals surface area contributed by atoms with E-state index in [2.05, 4.69) is 55.6 Å². The van der Waals surface area contributed by atoms with Crippen LogP contribution in [0.3, 0.4) is 0 Å². The molecule has 0 aromatic heterocycles. The normalized spacial score (nSPS) is 18.6. The second kappa shape index (κ2) is 6.64. The zero-order chi connectivity index (χ0) is 12.9. The smallest absolute Gasteiger partial charge is 0.0885 e. The lowest BCUT2D eigenvalue weighted by atomic mass is 9.90. The zero-order valence-corrected chi connectivity index (χ0v) is 12.9. The van der Waals surface area contributed by atoms with E-state index >= 15 is 0 Å². The van der Waals surface area contributed by atoms with Gasteiger partial charge in [0.05, 0.1) is 26.2 Å².